The second-order valence-corrected chi connectivity index (χ2v) is 9.05. The molecule has 1 rings (SSSR count). The average Bonchev–Trinajstić information content (AvgIpc) is 2.72. The molecule has 2 N–H and O–H groups in total. The van der Waals surface area contributed by atoms with Crippen molar-refractivity contribution in [2.75, 3.05) is 25.4 Å². The Bertz CT molecular complexity index is 388. The Morgan fingerprint density at radius 3 is 2.10 bits per heavy atom. The van der Waals surface area contributed by atoms with E-state index >= 15 is 0 Å². The molecule has 0 aliphatic heterocycles. The first-order valence-electron chi connectivity index (χ1n) is 7.83. The predicted octanol–water partition coefficient (Wildman–Crippen LogP) is 2.37. The van der Waals surface area contributed by atoms with Crippen molar-refractivity contribution in [3.05, 3.63) is 0 Å². The number of unbranched alkanes of at least 4 members (excludes halogenated alkanes) is 1. The van der Waals surface area contributed by atoms with Gasteiger partial charge in [-0.1, -0.05) is 34.6 Å². The van der Waals surface area contributed by atoms with E-state index in [0.29, 0.717) is 12.5 Å². The third kappa shape index (κ3) is 4.43. The lowest BCUT2D eigenvalue weighted by Gasteiger charge is -2.08. The quantitative estimate of drug-likeness (QED) is 0.609. The largest absolute Gasteiger partial charge is 0.317 e. The van der Waals surface area contributed by atoms with Crippen LogP contribution in [0.2, 0.25) is 0 Å². The lowest BCUT2D eigenvalue weighted by Crippen LogP contribution is -2.30. The molecule has 0 saturated heterocycles. The van der Waals surface area contributed by atoms with Crippen LogP contribution >= 0.6 is 0 Å². The molecule has 0 aromatic rings. The third-order valence-electron chi connectivity index (χ3n) is 5.27. The molecule has 0 bridgehead atoms. The van der Waals surface area contributed by atoms with Gasteiger partial charge < -0.3 is 5.32 Å². The molecule has 5 heteroatoms. The molecule has 4 nitrogen and oxygen atoms in total. The minimum absolute atomic E-state index is 0.236. The second-order valence-electron chi connectivity index (χ2n) is 7.12. The van der Waals surface area contributed by atoms with Crippen molar-refractivity contribution in [3.8, 4) is 0 Å². The van der Waals surface area contributed by atoms with Gasteiger partial charge in [0.25, 0.3) is 0 Å². The summed E-state index contributed by atoms with van der Waals surface area (Å²) in [6, 6.07) is 0. The number of hydrogen-bond acceptors (Lipinski definition) is 3. The van der Waals surface area contributed by atoms with E-state index in [2.05, 4.69) is 44.7 Å². The van der Waals surface area contributed by atoms with Crippen molar-refractivity contribution < 1.29 is 8.42 Å². The SMILES string of the molecule is CCCNCCCCS(=O)(=O)NCC1C(C)(C)C1(C)C. The van der Waals surface area contributed by atoms with Crippen molar-refractivity contribution in [2.24, 2.45) is 16.7 Å². The first-order valence-corrected chi connectivity index (χ1v) is 9.48. The summed E-state index contributed by atoms with van der Waals surface area (Å²) in [5, 5.41) is 3.29. The van der Waals surface area contributed by atoms with Crippen molar-refractivity contribution in [2.45, 2.75) is 53.9 Å². The molecule has 0 atom stereocenters. The zero-order chi connectivity index (χ0) is 15.4. The molecular formula is C15H32N2O2S. The van der Waals surface area contributed by atoms with Crippen molar-refractivity contribution in [1.29, 1.82) is 0 Å². The Balaban J connectivity index is 2.20. The van der Waals surface area contributed by atoms with Gasteiger partial charge in [-0.3, -0.25) is 0 Å². The summed E-state index contributed by atoms with van der Waals surface area (Å²) < 4.78 is 26.7. The first kappa shape index (κ1) is 17.9. The fourth-order valence-corrected chi connectivity index (χ4v) is 4.12. The summed E-state index contributed by atoms with van der Waals surface area (Å²) in [6.07, 6.45) is 2.76. The minimum Gasteiger partial charge on any atom is -0.317 e. The molecule has 0 aromatic carbocycles. The summed E-state index contributed by atoms with van der Waals surface area (Å²) in [5.41, 5.74) is 0.471. The summed E-state index contributed by atoms with van der Waals surface area (Å²) in [7, 11) is -3.11. The summed E-state index contributed by atoms with van der Waals surface area (Å²) in [6.45, 7) is 13.5. The van der Waals surface area contributed by atoms with E-state index in [0.717, 1.165) is 32.4 Å². The lowest BCUT2D eigenvalue weighted by atomic mass is 10.0. The minimum atomic E-state index is -3.11. The van der Waals surface area contributed by atoms with E-state index in [1.54, 1.807) is 0 Å². The number of sulfonamides is 1. The van der Waals surface area contributed by atoms with Gasteiger partial charge >= 0.3 is 0 Å². The second kappa shape index (κ2) is 6.75. The van der Waals surface area contributed by atoms with Crippen molar-refractivity contribution in [1.82, 2.24) is 10.0 Å². The molecule has 0 amide bonds. The van der Waals surface area contributed by atoms with E-state index in [1.165, 1.54) is 0 Å². The summed E-state index contributed by atoms with van der Waals surface area (Å²) >= 11 is 0. The van der Waals surface area contributed by atoms with E-state index in [1.807, 2.05) is 0 Å². The van der Waals surface area contributed by atoms with Gasteiger partial charge in [-0.2, -0.15) is 0 Å². The maximum Gasteiger partial charge on any atom is 0.211 e. The Morgan fingerprint density at radius 2 is 1.60 bits per heavy atom. The molecule has 20 heavy (non-hydrogen) atoms. The zero-order valence-electron chi connectivity index (χ0n) is 13.8. The average molecular weight is 305 g/mol. The normalized spacial score (nSPS) is 21.1. The highest BCUT2D eigenvalue weighted by Crippen LogP contribution is 2.67. The van der Waals surface area contributed by atoms with E-state index in [9.17, 15) is 8.42 Å². The van der Waals surface area contributed by atoms with Crippen LogP contribution in [0.5, 0.6) is 0 Å². The van der Waals surface area contributed by atoms with E-state index < -0.39 is 10.0 Å². The lowest BCUT2D eigenvalue weighted by molar-refractivity contribution is 0.457. The van der Waals surface area contributed by atoms with Crippen LogP contribution in [0, 0.1) is 16.7 Å². The van der Waals surface area contributed by atoms with Crippen LogP contribution in [0.1, 0.15) is 53.9 Å². The molecule has 0 spiro atoms. The highest BCUT2D eigenvalue weighted by Gasteiger charge is 2.64. The standard InChI is InChI=1S/C15H32N2O2S/c1-6-9-16-10-7-8-11-20(18,19)17-12-13-14(2,3)15(13,4)5/h13,16-17H,6-12H2,1-5H3. The van der Waals surface area contributed by atoms with Gasteiger partial charge in [0.1, 0.15) is 0 Å². The maximum absolute atomic E-state index is 11.9. The molecular weight excluding hydrogens is 272 g/mol. The first-order chi connectivity index (χ1) is 9.15. The fourth-order valence-electron chi connectivity index (χ4n) is 2.97. The molecule has 0 unspecified atom stereocenters. The van der Waals surface area contributed by atoms with Crippen molar-refractivity contribution in [3.63, 3.8) is 0 Å². The van der Waals surface area contributed by atoms with Crippen LogP contribution in [-0.2, 0) is 10.0 Å². The zero-order valence-corrected chi connectivity index (χ0v) is 14.6. The monoisotopic (exact) mass is 304 g/mol. The highest BCUT2D eigenvalue weighted by molar-refractivity contribution is 7.89. The molecule has 0 radical (unpaired) electrons. The predicted molar refractivity (Wildman–Crippen MR) is 85.2 cm³/mol. The number of hydrogen-bond donors (Lipinski definition) is 2. The van der Waals surface area contributed by atoms with Gasteiger partial charge in [0.2, 0.25) is 10.0 Å². The fraction of sp³-hybridized carbons (Fsp3) is 1.00. The van der Waals surface area contributed by atoms with Crippen LogP contribution in [-0.4, -0.2) is 33.8 Å². The van der Waals surface area contributed by atoms with Gasteiger partial charge in [-0.15, -0.1) is 0 Å². The van der Waals surface area contributed by atoms with Crippen LogP contribution in [0.25, 0.3) is 0 Å². The van der Waals surface area contributed by atoms with Crippen LogP contribution in [0.3, 0.4) is 0 Å². The van der Waals surface area contributed by atoms with E-state index in [4.69, 9.17) is 0 Å². The van der Waals surface area contributed by atoms with Crippen LogP contribution in [0.4, 0.5) is 0 Å². The van der Waals surface area contributed by atoms with E-state index in [-0.39, 0.29) is 16.6 Å². The Hall–Kier alpha value is -0.130. The smallest absolute Gasteiger partial charge is 0.211 e. The van der Waals surface area contributed by atoms with Gasteiger partial charge in [-0.25, -0.2) is 13.1 Å². The highest BCUT2D eigenvalue weighted by atomic mass is 32.2. The third-order valence-corrected chi connectivity index (χ3v) is 6.70. The Labute approximate surface area is 125 Å². The van der Waals surface area contributed by atoms with Crippen molar-refractivity contribution >= 4 is 10.0 Å². The molecule has 120 valence electrons. The van der Waals surface area contributed by atoms with Gasteiger partial charge in [0.15, 0.2) is 0 Å². The topological polar surface area (TPSA) is 58.2 Å². The van der Waals surface area contributed by atoms with Crippen LogP contribution < -0.4 is 10.0 Å². The molecule has 1 saturated carbocycles. The number of nitrogens with one attached hydrogen (secondary N) is 2. The number of rotatable bonds is 10. The molecule has 0 aromatic heterocycles. The Morgan fingerprint density at radius 1 is 1.00 bits per heavy atom. The molecule has 0 heterocycles. The summed E-state index contributed by atoms with van der Waals surface area (Å²) in [4.78, 5) is 0. The molecule has 1 fully saturated rings. The summed E-state index contributed by atoms with van der Waals surface area (Å²) in [5.74, 6) is 0.685. The van der Waals surface area contributed by atoms with Crippen LogP contribution in [0.15, 0.2) is 0 Å². The Kier molecular flexibility index (Phi) is 6.05. The van der Waals surface area contributed by atoms with Gasteiger partial charge in [0, 0.05) is 6.54 Å². The van der Waals surface area contributed by atoms with Gasteiger partial charge in [0.05, 0.1) is 5.75 Å². The van der Waals surface area contributed by atoms with Gasteiger partial charge in [-0.05, 0) is 49.1 Å². The molecule has 1 aliphatic carbocycles. The maximum atomic E-state index is 11.9. The molecule has 1 aliphatic rings.